The first-order valence-electron chi connectivity index (χ1n) is 5.78. The van der Waals surface area contributed by atoms with Gasteiger partial charge in [0.05, 0.1) is 17.7 Å². The molecule has 1 aliphatic rings. The van der Waals surface area contributed by atoms with Crippen molar-refractivity contribution in [1.29, 1.82) is 0 Å². The zero-order chi connectivity index (χ0) is 12.0. The monoisotopic (exact) mass is 247 g/mol. The van der Waals surface area contributed by atoms with Gasteiger partial charge in [0.15, 0.2) is 0 Å². The van der Waals surface area contributed by atoms with E-state index in [0.717, 1.165) is 29.2 Å². The maximum absolute atomic E-state index is 6.22. The molecule has 0 saturated carbocycles. The third kappa shape index (κ3) is 1.58. The number of fused-ring (bicyclic) bond motifs is 3. The minimum Gasteiger partial charge on any atom is -0.323 e. The largest absolute Gasteiger partial charge is 0.323 e. The molecule has 0 unspecified atom stereocenters. The van der Waals surface area contributed by atoms with Crippen molar-refractivity contribution >= 4 is 11.6 Å². The summed E-state index contributed by atoms with van der Waals surface area (Å²) >= 11 is 6.22. The summed E-state index contributed by atoms with van der Waals surface area (Å²) in [6, 6.07) is 5.97. The summed E-state index contributed by atoms with van der Waals surface area (Å²) in [5.74, 6) is 0. The number of nitrogens with zero attached hydrogens (tertiary/aromatic N) is 2. The van der Waals surface area contributed by atoms with E-state index in [1.807, 2.05) is 25.4 Å². The smallest absolute Gasteiger partial charge is 0.0998 e. The van der Waals surface area contributed by atoms with E-state index in [1.54, 1.807) is 0 Å². The van der Waals surface area contributed by atoms with Gasteiger partial charge in [-0.2, -0.15) is 0 Å². The number of halogens is 1. The van der Waals surface area contributed by atoms with Crippen molar-refractivity contribution in [1.82, 2.24) is 9.55 Å². The van der Waals surface area contributed by atoms with E-state index in [4.69, 9.17) is 17.3 Å². The molecule has 0 fully saturated rings. The Kier molecular flexibility index (Phi) is 2.45. The van der Waals surface area contributed by atoms with Crippen LogP contribution in [-0.4, -0.2) is 9.55 Å². The SMILES string of the molecule is C[C@H](N)c1ncn2c1CCc1c(Cl)cccc1-2. The van der Waals surface area contributed by atoms with E-state index in [0.29, 0.717) is 0 Å². The summed E-state index contributed by atoms with van der Waals surface area (Å²) in [6.45, 7) is 1.97. The van der Waals surface area contributed by atoms with Crippen LogP contribution in [0.4, 0.5) is 0 Å². The minimum absolute atomic E-state index is 0.0213. The van der Waals surface area contributed by atoms with E-state index in [-0.39, 0.29) is 6.04 Å². The summed E-state index contributed by atoms with van der Waals surface area (Å²) in [5.41, 5.74) is 10.5. The number of nitrogens with two attached hydrogens (primary N) is 1. The van der Waals surface area contributed by atoms with Crippen molar-refractivity contribution in [3.05, 3.63) is 46.5 Å². The molecule has 88 valence electrons. The fraction of sp³-hybridized carbons (Fsp3) is 0.308. The van der Waals surface area contributed by atoms with Crippen LogP contribution in [0.2, 0.25) is 5.02 Å². The quantitative estimate of drug-likeness (QED) is 0.842. The van der Waals surface area contributed by atoms with Crippen LogP contribution in [-0.2, 0) is 12.8 Å². The summed E-state index contributed by atoms with van der Waals surface area (Å²) in [4.78, 5) is 4.42. The van der Waals surface area contributed by atoms with Gasteiger partial charge in [-0.05, 0) is 37.5 Å². The van der Waals surface area contributed by atoms with Crippen LogP contribution < -0.4 is 5.73 Å². The molecule has 0 spiro atoms. The lowest BCUT2D eigenvalue weighted by molar-refractivity contribution is 0.738. The predicted octanol–water partition coefficient (Wildman–Crippen LogP) is 2.64. The number of aromatic nitrogens is 2. The van der Waals surface area contributed by atoms with Gasteiger partial charge < -0.3 is 10.3 Å². The van der Waals surface area contributed by atoms with Crippen LogP contribution in [0.3, 0.4) is 0 Å². The second-order valence-electron chi connectivity index (χ2n) is 4.47. The highest BCUT2D eigenvalue weighted by Gasteiger charge is 2.22. The molecule has 0 amide bonds. The van der Waals surface area contributed by atoms with Gasteiger partial charge in [0.2, 0.25) is 0 Å². The fourth-order valence-corrected chi connectivity index (χ4v) is 2.75. The van der Waals surface area contributed by atoms with Crippen LogP contribution in [0.5, 0.6) is 0 Å². The highest BCUT2D eigenvalue weighted by atomic mass is 35.5. The van der Waals surface area contributed by atoms with Crippen LogP contribution in [0, 0.1) is 0 Å². The Bertz CT molecular complexity index is 572. The van der Waals surface area contributed by atoms with Gasteiger partial charge in [0, 0.05) is 16.8 Å². The van der Waals surface area contributed by atoms with Crippen LogP contribution in [0.15, 0.2) is 24.5 Å². The summed E-state index contributed by atoms with van der Waals surface area (Å²) < 4.78 is 2.11. The Hall–Kier alpha value is -1.32. The van der Waals surface area contributed by atoms with Gasteiger partial charge in [0.1, 0.15) is 0 Å². The summed E-state index contributed by atoms with van der Waals surface area (Å²) in [6.07, 6.45) is 3.76. The number of benzene rings is 1. The van der Waals surface area contributed by atoms with Gasteiger partial charge in [-0.15, -0.1) is 0 Å². The predicted molar refractivity (Wildman–Crippen MR) is 68.6 cm³/mol. The normalized spacial score (nSPS) is 15.2. The lowest BCUT2D eigenvalue weighted by Crippen LogP contribution is -2.15. The van der Waals surface area contributed by atoms with Gasteiger partial charge in [0.25, 0.3) is 0 Å². The zero-order valence-electron chi connectivity index (χ0n) is 9.65. The highest BCUT2D eigenvalue weighted by Crippen LogP contribution is 2.32. The second-order valence-corrected chi connectivity index (χ2v) is 4.88. The fourth-order valence-electron chi connectivity index (χ4n) is 2.49. The Morgan fingerprint density at radius 2 is 2.24 bits per heavy atom. The first kappa shape index (κ1) is 10.8. The van der Waals surface area contributed by atoms with Gasteiger partial charge in [-0.3, -0.25) is 0 Å². The number of rotatable bonds is 1. The van der Waals surface area contributed by atoms with E-state index in [2.05, 4.69) is 15.6 Å². The van der Waals surface area contributed by atoms with Crippen molar-refractivity contribution in [2.24, 2.45) is 5.73 Å². The van der Waals surface area contributed by atoms with E-state index in [9.17, 15) is 0 Å². The molecular formula is C13H14ClN3. The third-order valence-electron chi connectivity index (χ3n) is 3.30. The standard InChI is InChI=1S/C13H14ClN3/c1-8(15)13-12-6-5-9-10(14)3-2-4-11(9)17(12)7-16-13/h2-4,7-8H,5-6,15H2,1H3/t8-/m0/s1. The molecule has 2 aromatic rings. The summed E-state index contributed by atoms with van der Waals surface area (Å²) in [7, 11) is 0. The van der Waals surface area contributed by atoms with Gasteiger partial charge >= 0.3 is 0 Å². The Labute approximate surface area is 105 Å². The molecule has 3 rings (SSSR count). The van der Waals surface area contributed by atoms with E-state index in [1.165, 1.54) is 11.3 Å². The Balaban J connectivity index is 2.21. The molecule has 0 saturated heterocycles. The molecule has 17 heavy (non-hydrogen) atoms. The van der Waals surface area contributed by atoms with E-state index >= 15 is 0 Å². The van der Waals surface area contributed by atoms with Crippen LogP contribution in [0.25, 0.3) is 5.69 Å². The number of imidazole rings is 1. The van der Waals surface area contributed by atoms with E-state index < -0.39 is 0 Å². The third-order valence-corrected chi connectivity index (χ3v) is 3.65. The lowest BCUT2D eigenvalue weighted by Gasteiger charge is -2.21. The second kappa shape index (κ2) is 3.86. The van der Waals surface area contributed by atoms with Crippen molar-refractivity contribution in [2.45, 2.75) is 25.8 Å². The minimum atomic E-state index is -0.0213. The maximum atomic E-state index is 6.22. The first-order valence-corrected chi connectivity index (χ1v) is 6.15. The van der Waals surface area contributed by atoms with Crippen molar-refractivity contribution in [3.8, 4) is 5.69 Å². The molecule has 1 atom stereocenters. The van der Waals surface area contributed by atoms with Crippen LogP contribution >= 0.6 is 11.6 Å². The molecule has 1 aromatic heterocycles. The molecule has 2 heterocycles. The van der Waals surface area contributed by atoms with Gasteiger partial charge in [-0.1, -0.05) is 17.7 Å². The van der Waals surface area contributed by atoms with Crippen molar-refractivity contribution < 1.29 is 0 Å². The maximum Gasteiger partial charge on any atom is 0.0998 e. The molecule has 2 N–H and O–H groups in total. The number of hydrogen-bond donors (Lipinski definition) is 1. The topological polar surface area (TPSA) is 43.8 Å². The molecule has 0 radical (unpaired) electrons. The Morgan fingerprint density at radius 1 is 1.41 bits per heavy atom. The lowest BCUT2D eigenvalue weighted by atomic mass is 9.99. The van der Waals surface area contributed by atoms with Crippen LogP contribution in [0.1, 0.15) is 29.9 Å². The molecule has 0 aliphatic carbocycles. The highest BCUT2D eigenvalue weighted by molar-refractivity contribution is 6.31. The number of hydrogen-bond acceptors (Lipinski definition) is 2. The Morgan fingerprint density at radius 3 is 3.00 bits per heavy atom. The van der Waals surface area contributed by atoms with Crippen molar-refractivity contribution in [3.63, 3.8) is 0 Å². The molecular weight excluding hydrogens is 234 g/mol. The van der Waals surface area contributed by atoms with Crippen molar-refractivity contribution in [2.75, 3.05) is 0 Å². The molecule has 4 heteroatoms. The average molecular weight is 248 g/mol. The molecule has 1 aliphatic heterocycles. The zero-order valence-corrected chi connectivity index (χ0v) is 10.4. The average Bonchev–Trinajstić information content (AvgIpc) is 2.73. The first-order chi connectivity index (χ1) is 8.18. The molecule has 1 aromatic carbocycles. The summed E-state index contributed by atoms with van der Waals surface area (Å²) in [5, 5.41) is 0.837. The molecule has 0 bridgehead atoms. The van der Waals surface area contributed by atoms with Gasteiger partial charge in [-0.25, -0.2) is 4.98 Å². The molecule has 3 nitrogen and oxygen atoms in total.